The predicted molar refractivity (Wildman–Crippen MR) is 105 cm³/mol. The van der Waals surface area contributed by atoms with E-state index in [9.17, 15) is 9.59 Å². The van der Waals surface area contributed by atoms with E-state index >= 15 is 0 Å². The van der Waals surface area contributed by atoms with Crippen LogP contribution in [0.25, 0.3) is 11.1 Å². The van der Waals surface area contributed by atoms with Crippen LogP contribution >= 0.6 is 27.3 Å². The van der Waals surface area contributed by atoms with Crippen molar-refractivity contribution in [2.24, 2.45) is 0 Å². The van der Waals surface area contributed by atoms with E-state index in [0.717, 1.165) is 20.5 Å². The van der Waals surface area contributed by atoms with E-state index in [1.165, 1.54) is 11.3 Å². The number of anilines is 1. The summed E-state index contributed by atoms with van der Waals surface area (Å²) in [7, 11) is 0. The van der Waals surface area contributed by atoms with Gasteiger partial charge in [0.2, 0.25) is 5.91 Å². The van der Waals surface area contributed by atoms with E-state index in [1.807, 2.05) is 31.2 Å². The third-order valence-corrected chi connectivity index (χ3v) is 5.21. The van der Waals surface area contributed by atoms with Crippen LogP contribution in [0.2, 0.25) is 0 Å². The van der Waals surface area contributed by atoms with Crippen LogP contribution < -0.4 is 5.32 Å². The number of rotatable bonds is 6. The van der Waals surface area contributed by atoms with E-state index in [0.29, 0.717) is 10.6 Å². The molecule has 8 nitrogen and oxygen atoms in total. The largest absolute Gasteiger partial charge is 0.462 e. The molecule has 27 heavy (non-hydrogen) atoms. The van der Waals surface area contributed by atoms with E-state index in [1.54, 1.807) is 6.92 Å². The van der Waals surface area contributed by atoms with Crippen molar-refractivity contribution in [3.63, 3.8) is 0 Å². The molecule has 10 heteroatoms. The first-order chi connectivity index (χ1) is 13.0. The first-order valence-corrected chi connectivity index (χ1v) is 9.69. The smallest absolute Gasteiger partial charge is 0.341 e. The summed E-state index contributed by atoms with van der Waals surface area (Å²) in [6.07, 6.45) is -0.0523. The van der Waals surface area contributed by atoms with E-state index in [-0.39, 0.29) is 24.8 Å². The molecule has 1 amide bonds. The van der Waals surface area contributed by atoms with Crippen LogP contribution in [-0.2, 0) is 16.0 Å². The molecule has 0 fully saturated rings. The first-order valence-electron chi connectivity index (χ1n) is 8.08. The number of tetrazole rings is 1. The summed E-state index contributed by atoms with van der Waals surface area (Å²) >= 11 is 4.74. The van der Waals surface area contributed by atoms with Crippen LogP contribution in [0.3, 0.4) is 0 Å². The second kappa shape index (κ2) is 8.40. The third-order valence-electron chi connectivity index (χ3n) is 3.66. The molecule has 1 aromatic carbocycles. The van der Waals surface area contributed by atoms with E-state index in [2.05, 4.69) is 41.9 Å². The monoisotopic (exact) mass is 449 g/mol. The average molecular weight is 450 g/mol. The number of nitrogens with one attached hydrogen (secondary N) is 2. The van der Waals surface area contributed by atoms with Gasteiger partial charge in [-0.3, -0.25) is 4.79 Å². The number of nitrogens with zero attached hydrogens (tertiary/aromatic N) is 3. The molecule has 0 bridgehead atoms. The summed E-state index contributed by atoms with van der Waals surface area (Å²) in [6, 6.07) is 7.62. The van der Waals surface area contributed by atoms with Crippen molar-refractivity contribution in [1.29, 1.82) is 0 Å². The number of ether oxygens (including phenoxy) is 1. The Morgan fingerprint density at radius 2 is 2.04 bits per heavy atom. The maximum atomic E-state index is 12.6. The van der Waals surface area contributed by atoms with Gasteiger partial charge in [-0.2, -0.15) is 5.21 Å². The van der Waals surface area contributed by atoms with Gasteiger partial charge in [0, 0.05) is 14.9 Å². The molecule has 0 aliphatic heterocycles. The zero-order valence-electron chi connectivity index (χ0n) is 14.6. The number of hydrogen-bond acceptors (Lipinski definition) is 7. The molecule has 0 atom stereocenters. The zero-order valence-corrected chi connectivity index (χ0v) is 17.0. The highest BCUT2D eigenvalue weighted by atomic mass is 79.9. The van der Waals surface area contributed by atoms with Crippen LogP contribution in [0.4, 0.5) is 5.00 Å². The van der Waals surface area contributed by atoms with Crippen molar-refractivity contribution >= 4 is 44.1 Å². The highest BCUT2D eigenvalue weighted by molar-refractivity contribution is 9.10. The minimum absolute atomic E-state index is 0.0523. The van der Waals surface area contributed by atoms with E-state index in [4.69, 9.17) is 4.74 Å². The van der Waals surface area contributed by atoms with Crippen molar-refractivity contribution in [2.45, 2.75) is 20.3 Å². The minimum atomic E-state index is -0.477. The number of hydrogen-bond donors (Lipinski definition) is 2. The molecule has 140 valence electrons. The van der Waals surface area contributed by atoms with Gasteiger partial charge in [-0.05, 0) is 31.5 Å². The Labute approximate surface area is 167 Å². The maximum absolute atomic E-state index is 12.6. The Morgan fingerprint density at radius 3 is 2.67 bits per heavy atom. The van der Waals surface area contributed by atoms with Gasteiger partial charge >= 0.3 is 5.97 Å². The SMILES string of the molecule is CCOC(=O)c1c(NC(=O)Cc2nn[nH]n2)sc(C)c1-c1ccc(Br)cc1. The lowest BCUT2D eigenvalue weighted by molar-refractivity contribution is -0.115. The number of aromatic nitrogens is 4. The molecule has 0 aliphatic carbocycles. The van der Waals surface area contributed by atoms with Crippen molar-refractivity contribution < 1.29 is 14.3 Å². The molecule has 0 spiro atoms. The molecule has 2 heterocycles. The summed E-state index contributed by atoms with van der Waals surface area (Å²) in [4.78, 5) is 25.9. The van der Waals surface area contributed by atoms with Crippen molar-refractivity contribution in [1.82, 2.24) is 20.6 Å². The fourth-order valence-electron chi connectivity index (χ4n) is 2.57. The van der Waals surface area contributed by atoms with Gasteiger partial charge in [0.1, 0.15) is 10.6 Å². The third kappa shape index (κ3) is 4.40. The fraction of sp³-hybridized carbons (Fsp3) is 0.235. The fourth-order valence-corrected chi connectivity index (χ4v) is 3.91. The van der Waals surface area contributed by atoms with Gasteiger partial charge < -0.3 is 10.1 Å². The summed E-state index contributed by atoms with van der Waals surface area (Å²) in [5.41, 5.74) is 1.97. The van der Waals surface area contributed by atoms with Gasteiger partial charge in [0.25, 0.3) is 0 Å². The molecular formula is C17H16BrN5O3S. The number of H-pyrrole nitrogens is 1. The number of halogens is 1. The van der Waals surface area contributed by atoms with Crippen LogP contribution in [0.15, 0.2) is 28.7 Å². The Kier molecular flexibility index (Phi) is 5.97. The highest BCUT2D eigenvalue weighted by Crippen LogP contribution is 2.40. The molecular weight excluding hydrogens is 434 g/mol. The molecule has 2 N–H and O–H groups in total. The van der Waals surface area contributed by atoms with Gasteiger partial charge in [0.15, 0.2) is 5.82 Å². The van der Waals surface area contributed by atoms with Crippen LogP contribution in [0.1, 0.15) is 28.0 Å². The van der Waals surface area contributed by atoms with Gasteiger partial charge in [-0.1, -0.05) is 33.3 Å². The Balaban J connectivity index is 1.97. The van der Waals surface area contributed by atoms with Gasteiger partial charge in [-0.25, -0.2) is 4.79 Å². The molecule has 2 aromatic heterocycles. The zero-order chi connectivity index (χ0) is 19.4. The molecule has 0 unspecified atom stereocenters. The molecule has 3 rings (SSSR count). The number of thiophene rings is 1. The van der Waals surface area contributed by atoms with Crippen LogP contribution in [-0.4, -0.2) is 39.1 Å². The van der Waals surface area contributed by atoms with Crippen molar-refractivity contribution in [2.75, 3.05) is 11.9 Å². The average Bonchev–Trinajstić information content (AvgIpc) is 3.23. The summed E-state index contributed by atoms with van der Waals surface area (Å²) in [6.45, 7) is 3.88. The standard InChI is InChI=1S/C17H16BrN5O3S/c1-3-26-17(25)15-14(10-4-6-11(18)7-5-10)9(2)27-16(15)19-13(24)8-12-20-22-23-21-12/h4-7H,3,8H2,1-2H3,(H,19,24)(H,20,21,22,23). The van der Waals surface area contributed by atoms with Gasteiger partial charge in [-0.15, -0.1) is 21.5 Å². The molecule has 0 aliphatic rings. The molecule has 0 saturated carbocycles. The lowest BCUT2D eigenvalue weighted by atomic mass is 10.0. The molecule has 0 saturated heterocycles. The number of aryl methyl sites for hydroxylation is 1. The summed E-state index contributed by atoms with van der Waals surface area (Å²) < 4.78 is 6.16. The van der Waals surface area contributed by atoms with Crippen LogP contribution in [0.5, 0.6) is 0 Å². The molecule has 3 aromatic rings. The molecule has 0 radical (unpaired) electrons. The number of aromatic amines is 1. The number of carbonyl (C=O) groups excluding carboxylic acids is 2. The number of carbonyl (C=O) groups is 2. The predicted octanol–water partition coefficient (Wildman–Crippen LogP) is 3.36. The summed E-state index contributed by atoms with van der Waals surface area (Å²) in [5, 5.41) is 16.5. The Hall–Kier alpha value is -2.59. The number of esters is 1. The number of benzene rings is 1. The Morgan fingerprint density at radius 1 is 1.30 bits per heavy atom. The lowest BCUT2D eigenvalue weighted by Gasteiger charge is -2.09. The van der Waals surface area contributed by atoms with Crippen LogP contribution in [0, 0.1) is 6.92 Å². The van der Waals surface area contributed by atoms with Crippen molar-refractivity contribution in [3.05, 3.63) is 45.0 Å². The topological polar surface area (TPSA) is 110 Å². The minimum Gasteiger partial charge on any atom is -0.462 e. The number of amides is 1. The summed E-state index contributed by atoms with van der Waals surface area (Å²) in [5.74, 6) is -0.549. The van der Waals surface area contributed by atoms with E-state index < -0.39 is 5.97 Å². The Bertz CT molecular complexity index is 954. The quantitative estimate of drug-likeness (QED) is 0.558. The van der Waals surface area contributed by atoms with Gasteiger partial charge in [0.05, 0.1) is 13.0 Å². The van der Waals surface area contributed by atoms with Crippen molar-refractivity contribution in [3.8, 4) is 11.1 Å². The lowest BCUT2D eigenvalue weighted by Crippen LogP contribution is -2.17. The normalized spacial score (nSPS) is 10.6. The maximum Gasteiger partial charge on any atom is 0.341 e. The highest BCUT2D eigenvalue weighted by Gasteiger charge is 2.25. The first kappa shape index (κ1) is 19.2. The second-order valence-corrected chi connectivity index (χ2v) is 7.66. The second-order valence-electron chi connectivity index (χ2n) is 5.52.